The highest BCUT2D eigenvalue weighted by atomic mass is 32.2. The summed E-state index contributed by atoms with van der Waals surface area (Å²) in [5, 5.41) is 4.21. The standard InChI is InChI=1S/C15H20N4O2S/c1-12-10-17(2)14-7-5-4-6-13(14)11-19(12)22(20,21)15-8-9-16-18(15)3/h4-9,12H,10-11H2,1-3H3/t12-/m1/s1. The van der Waals surface area contributed by atoms with E-state index in [2.05, 4.69) is 10.00 Å². The van der Waals surface area contributed by atoms with Gasteiger partial charge in [0.15, 0.2) is 5.03 Å². The molecule has 2 aromatic rings. The van der Waals surface area contributed by atoms with Crippen LogP contribution in [0.5, 0.6) is 0 Å². The second kappa shape index (κ2) is 5.40. The van der Waals surface area contributed by atoms with Crippen molar-refractivity contribution in [3.8, 4) is 0 Å². The number of aryl methyl sites for hydroxylation is 1. The van der Waals surface area contributed by atoms with E-state index < -0.39 is 10.0 Å². The zero-order valence-electron chi connectivity index (χ0n) is 13.0. The lowest BCUT2D eigenvalue weighted by molar-refractivity contribution is 0.337. The van der Waals surface area contributed by atoms with Crippen molar-refractivity contribution in [3.05, 3.63) is 42.1 Å². The fourth-order valence-corrected chi connectivity index (χ4v) is 4.69. The molecule has 118 valence electrons. The number of likely N-dealkylation sites (N-methyl/N-ethyl adjacent to an activating group) is 1. The van der Waals surface area contributed by atoms with E-state index in [1.54, 1.807) is 17.4 Å². The number of hydrogen-bond donors (Lipinski definition) is 0. The van der Waals surface area contributed by atoms with Gasteiger partial charge >= 0.3 is 0 Å². The Morgan fingerprint density at radius 3 is 2.59 bits per heavy atom. The summed E-state index contributed by atoms with van der Waals surface area (Å²) in [5.41, 5.74) is 2.09. The van der Waals surface area contributed by atoms with Crippen LogP contribution in [0.2, 0.25) is 0 Å². The SMILES string of the molecule is C[C@@H]1CN(C)c2ccccc2CN1S(=O)(=O)c1ccnn1C. The van der Waals surface area contributed by atoms with Crippen LogP contribution in [0.4, 0.5) is 5.69 Å². The van der Waals surface area contributed by atoms with Gasteiger partial charge in [0.25, 0.3) is 10.0 Å². The van der Waals surface area contributed by atoms with Crippen molar-refractivity contribution in [2.45, 2.75) is 24.5 Å². The largest absolute Gasteiger partial charge is 0.373 e. The molecule has 1 aliphatic rings. The lowest BCUT2D eigenvalue weighted by Gasteiger charge is -2.27. The molecule has 0 saturated heterocycles. The van der Waals surface area contributed by atoms with Gasteiger partial charge in [0.2, 0.25) is 0 Å². The van der Waals surface area contributed by atoms with E-state index in [-0.39, 0.29) is 11.1 Å². The van der Waals surface area contributed by atoms with Crippen LogP contribution in [-0.4, -0.2) is 42.1 Å². The number of fused-ring (bicyclic) bond motifs is 1. The van der Waals surface area contributed by atoms with Gasteiger partial charge in [-0.2, -0.15) is 9.40 Å². The summed E-state index contributed by atoms with van der Waals surface area (Å²) in [6, 6.07) is 9.35. The molecule has 0 saturated carbocycles. The highest BCUT2D eigenvalue weighted by molar-refractivity contribution is 7.89. The molecule has 1 aromatic carbocycles. The first-order chi connectivity index (χ1) is 10.4. The molecule has 7 heteroatoms. The molecule has 2 heterocycles. The molecule has 1 aliphatic heterocycles. The minimum Gasteiger partial charge on any atom is -0.373 e. The van der Waals surface area contributed by atoms with Crippen LogP contribution in [0.3, 0.4) is 0 Å². The van der Waals surface area contributed by atoms with Crippen molar-refractivity contribution in [2.24, 2.45) is 7.05 Å². The first-order valence-corrected chi connectivity index (χ1v) is 8.64. The van der Waals surface area contributed by atoms with Gasteiger partial charge in [0.1, 0.15) is 0 Å². The predicted octanol–water partition coefficient (Wildman–Crippen LogP) is 1.45. The Kier molecular flexibility index (Phi) is 3.70. The molecule has 0 aliphatic carbocycles. The summed E-state index contributed by atoms with van der Waals surface area (Å²) in [6.07, 6.45) is 1.51. The highest BCUT2D eigenvalue weighted by Crippen LogP contribution is 2.29. The number of hydrogen-bond acceptors (Lipinski definition) is 4. The highest BCUT2D eigenvalue weighted by Gasteiger charge is 2.34. The van der Waals surface area contributed by atoms with Crippen molar-refractivity contribution in [1.29, 1.82) is 0 Å². The Balaban J connectivity index is 2.06. The van der Waals surface area contributed by atoms with Gasteiger partial charge in [0, 0.05) is 38.9 Å². The number of benzene rings is 1. The number of para-hydroxylation sites is 1. The van der Waals surface area contributed by atoms with E-state index in [1.807, 2.05) is 38.2 Å². The second-order valence-electron chi connectivity index (χ2n) is 5.70. The number of aromatic nitrogens is 2. The van der Waals surface area contributed by atoms with Crippen LogP contribution in [0, 0.1) is 0 Å². The zero-order valence-corrected chi connectivity index (χ0v) is 13.8. The van der Waals surface area contributed by atoms with Crippen LogP contribution in [0.25, 0.3) is 0 Å². The summed E-state index contributed by atoms with van der Waals surface area (Å²) in [6.45, 7) is 2.96. The second-order valence-corrected chi connectivity index (χ2v) is 7.54. The third-order valence-electron chi connectivity index (χ3n) is 4.11. The first kappa shape index (κ1) is 15.1. The van der Waals surface area contributed by atoms with E-state index >= 15 is 0 Å². The number of anilines is 1. The van der Waals surface area contributed by atoms with Gasteiger partial charge in [-0.1, -0.05) is 18.2 Å². The molecular formula is C15H20N4O2S. The average Bonchev–Trinajstić information content (AvgIpc) is 2.86. The molecule has 0 bridgehead atoms. The van der Waals surface area contributed by atoms with E-state index in [0.29, 0.717) is 13.1 Å². The summed E-state index contributed by atoms with van der Waals surface area (Å²) in [7, 11) is 0.0629. The van der Waals surface area contributed by atoms with Crippen LogP contribution in [0.1, 0.15) is 12.5 Å². The fraction of sp³-hybridized carbons (Fsp3) is 0.400. The maximum Gasteiger partial charge on any atom is 0.260 e. The van der Waals surface area contributed by atoms with Gasteiger partial charge in [-0.05, 0) is 24.6 Å². The van der Waals surface area contributed by atoms with Crippen molar-refractivity contribution >= 4 is 15.7 Å². The Labute approximate surface area is 131 Å². The van der Waals surface area contributed by atoms with E-state index in [9.17, 15) is 8.42 Å². The quantitative estimate of drug-likeness (QED) is 0.840. The first-order valence-electron chi connectivity index (χ1n) is 7.20. The summed E-state index contributed by atoms with van der Waals surface area (Å²) < 4.78 is 29.0. The number of sulfonamides is 1. The molecular weight excluding hydrogens is 300 g/mol. The van der Waals surface area contributed by atoms with Gasteiger partial charge in [-0.3, -0.25) is 4.68 Å². The van der Waals surface area contributed by atoms with Crippen LogP contribution < -0.4 is 4.90 Å². The number of rotatable bonds is 2. The maximum absolute atomic E-state index is 13.0. The average molecular weight is 320 g/mol. The molecule has 0 amide bonds. The Hall–Kier alpha value is -1.86. The molecule has 0 radical (unpaired) electrons. The lowest BCUT2D eigenvalue weighted by atomic mass is 10.1. The van der Waals surface area contributed by atoms with E-state index in [4.69, 9.17) is 0 Å². The lowest BCUT2D eigenvalue weighted by Crippen LogP contribution is -2.42. The van der Waals surface area contributed by atoms with Gasteiger partial charge in [-0.25, -0.2) is 8.42 Å². The Morgan fingerprint density at radius 1 is 1.18 bits per heavy atom. The van der Waals surface area contributed by atoms with Crippen LogP contribution in [0.15, 0.2) is 41.6 Å². The molecule has 1 aromatic heterocycles. The van der Waals surface area contributed by atoms with Crippen molar-refractivity contribution < 1.29 is 8.42 Å². The minimum atomic E-state index is -3.58. The summed E-state index contributed by atoms with van der Waals surface area (Å²) in [4.78, 5) is 2.11. The molecule has 22 heavy (non-hydrogen) atoms. The monoisotopic (exact) mass is 320 g/mol. The molecule has 1 atom stereocenters. The predicted molar refractivity (Wildman–Crippen MR) is 85.1 cm³/mol. The summed E-state index contributed by atoms with van der Waals surface area (Å²) >= 11 is 0. The molecule has 6 nitrogen and oxygen atoms in total. The van der Waals surface area contributed by atoms with Gasteiger partial charge in [0.05, 0.1) is 6.20 Å². The minimum absolute atomic E-state index is 0.128. The topological polar surface area (TPSA) is 58.4 Å². The third-order valence-corrected chi connectivity index (χ3v) is 6.14. The molecule has 0 fully saturated rings. The molecule has 0 N–H and O–H groups in total. The van der Waals surface area contributed by atoms with Crippen LogP contribution >= 0.6 is 0 Å². The Morgan fingerprint density at radius 2 is 1.91 bits per heavy atom. The number of nitrogens with zero attached hydrogens (tertiary/aromatic N) is 4. The Bertz CT molecular complexity index is 784. The third kappa shape index (κ3) is 2.40. The smallest absolute Gasteiger partial charge is 0.260 e. The molecule has 0 spiro atoms. The van der Waals surface area contributed by atoms with Crippen molar-refractivity contribution in [3.63, 3.8) is 0 Å². The van der Waals surface area contributed by atoms with Gasteiger partial charge < -0.3 is 4.90 Å². The maximum atomic E-state index is 13.0. The van der Waals surface area contributed by atoms with Gasteiger partial charge in [-0.15, -0.1) is 0 Å². The van der Waals surface area contributed by atoms with Crippen LogP contribution in [-0.2, 0) is 23.6 Å². The summed E-state index contributed by atoms with van der Waals surface area (Å²) in [5.74, 6) is 0. The zero-order chi connectivity index (χ0) is 15.9. The molecule has 0 unspecified atom stereocenters. The normalized spacial score (nSPS) is 19.8. The molecule has 3 rings (SSSR count). The fourth-order valence-electron chi connectivity index (χ4n) is 2.98. The van der Waals surface area contributed by atoms with E-state index in [0.717, 1.165) is 11.3 Å². The van der Waals surface area contributed by atoms with Crippen molar-refractivity contribution in [2.75, 3.05) is 18.5 Å². The van der Waals surface area contributed by atoms with E-state index in [1.165, 1.54) is 10.9 Å². The van der Waals surface area contributed by atoms with Crippen molar-refractivity contribution in [1.82, 2.24) is 14.1 Å².